The highest BCUT2D eigenvalue weighted by Crippen LogP contribution is 2.34. The summed E-state index contributed by atoms with van der Waals surface area (Å²) in [5, 5.41) is 3.86. The first-order valence-corrected chi connectivity index (χ1v) is 9.05. The van der Waals surface area contributed by atoms with Gasteiger partial charge in [0.15, 0.2) is 11.3 Å². The van der Waals surface area contributed by atoms with Crippen LogP contribution in [0.1, 0.15) is 16.8 Å². The maximum Gasteiger partial charge on any atom is 0.433 e. The number of morpholine rings is 1. The molecule has 0 aliphatic carbocycles. The van der Waals surface area contributed by atoms with Crippen molar-refractivity contribution in [1.29, 1.82) is 0 Å². The normalized spacial score (nSPS) is 16.3. The predicted octanol–water partition coefficient (Wildman–Crippen LogP) is 4.27. The predicted molar refractivity (Wildman–Crippen MR) is 94.5 cm³/mol. The lowest BCUT2D eigenvalue weighted by atomic mass is 10.1. The molecule has 5 nitrogen and oxygen atoms in total. The SMILES string of the molecule is FC(F)(F)c1ccc(-c2cc(C(F)(F)F)n3ncc(CN4CCOCC4)c3n2)cc1. The second kappa shape index (κ2) is 7.55. The van der Waals surface area contributed by atoms with Gasteiger partial charge in [-0.15, -0.1) is 0 Å². The van der Waals surface area contributed by atoms with Crippen LogP contribution in [0, 0.1) is 0 Å². The fraction of sp³-hybridized carbons (Fsp3) is 0.368. The maximum atomic E-state index is 13.6. The minimum absolute atomic E-state index is 0.0196. The highest BCUT2D eigenvalue weighted by Gasteiger charge is 2.36. The second-order valence-corrected chi connectivity index (χ2v) is 6.89. The maximum absolute atomic E-state index is 13.6. The molecule has 11 heteroatoms. The van der Waals surface area contributed by atoms with Crippen LogP contribution in [-0.4, -0.2) is 45.8 Å². The van der Waals surface area contributed by atoms with E-state index in [1.165, 1.54) is 6.20 Å². The summed E-state index contributed by atoms with van der Waals surface area (Å²) in [5.74, 6) is 0. The van der Waals surface area contributed by atoms with Crippen LogP contribution in [0.4, 0.5) is 26.3 Å². The summed E-state index contributed by atoms with van der Waals surface area (Å²) in [6.07, 6.45) is -7.92. The van der Waals surface area contributed by atoms with Crippen LogP contribution in [0.3, 0.4) is 0 Å². The number of fused-ring (bicyclic) bond motifs is 1. The van der Waals surface area contributed by atoms with Crippen molar-refractivity contribution >= 4 is 5.65 Å². The molecule has 1 aromatic carbocycles. The van der Waals surface area contributed by atoms with Crippen molar-refractivity contribution in [2.45, 2.75) is 18.9 Å². The summed E-state index contributed by atoms with van der Waals surface area (Å²) in [7, 11) is 0. The second-order valence-electron chi connectivity index (χ2n) is 6.89. The summed E-state index contributed by atoms with van der Waals surface area (Å²) in [6.45, 7) is 2.65. The number of halogens is 6. The van der Waals surface area contributed by atoms with Gasteiger partial charge in [0.1, 0.15) is 0 Å². The Morgan fingerprint density at radius 2 is 1.60 bits per heavy atom. The number of alkyl halides is 6. The molecule has 0 saturated carbocycles. The quantitative estimate of drug-likeness (QED) is 0.583. The van der Waals surface area contributed by atoms with Crippen LogP contribution in [0.25, 0.3) is 16.9 Å². The molecule has 160 valence electrons. The Kier molecular flexibility index (Phi) is 5.18. The Hall–Kier alpha value is -2.66. The molecule has 4 rings (SSSR count). The Labute approximate surface area is 166 Å². The highest BCUT2D eigenvalue weighted by molar-refractivity contribution is 5.64. The molecule has 0 amide bonds. The van der Waals surface area contributed by atoms with Crippen LogP contribution in [-0.2, 0) is 23.6 Å². The van der Waals surface area contributed by atoms with E-state index in [4.69, 9.17) is 4.74 Å². The summed E-state index contributed by atoms with van der Waals surface area (Å²) < 4.78 is 85.3. The number of rotatable bonds is 3. The number of hydrogen-bond donors (Lipinski definition) is 0. The van der Waals surface area contributed by atoms with Gasteiger partial charge >= 0.3 is 12.4 Å². The van der Waals surface area contributed by atoms with Gasteiger partial charge in [0.05, 0.1) is 30.7 Å². The van der Waals surface area contributed by atoms with E-state index in [0.717, 1.165) is 34.8 Å². The van der Waals surface area contributed by atoms with Crippen LogP contribution in [0.2, 0.25) is 0 Å². The number of ether oxygens (including phenoxy) is 1. The van der Waals surface area contributed by atoms with E-state index >= 15 is 0 Å². The monoisotopic (exact) mass is 430 g/mol. The molecule has 0 unspecified atom stereocenters. The molecule has 1 fully saturated rings. The summed E-state index contributed by atoms with van der Waals surface area (Å²) in [4.78, 5) is 6.31. The van der Waals surface area contributed by atoms with Gasteiger partial charge in [0.25, 0.3) is 0 Å². The van der Waals surface area contributed by atoms with Gasteiger partial charge in [-0.3, -0.25) is 4.90 Å². The van der Waals surface area contributed by atoms with Crippen LogP contribution in [0.15, 0.2) is 36.5 Å². The Bertz CT molecular complexity index is 1040. The van der Waals surface area contributed by atoms with Gasteiger partial charge in [-0.1, -0.05) is 12.1 Å². The third-order valence-corrected chi connectivity index (χ3v) is 4.84. The van der Waals surface area contributed by atoms with Crippen LogP contribution in [0.5, 0.6) is 0 Å². The molecular weight excluding hydrogens is 414 g/mol. The van der Waals surface area contributed by atoms with Crippen molar-refractivity contribution in [1.82, 2.24) is 19.5 Å². The molecule has 3 heterocycles. The largest absolute Gasteiger partial charge is 0.433 e. The topological polar surface area (TPSA) is 42.7 Å². The average molecular weight is 430 g/mol. The van der Waals surface area contributed by atoms with E-state index in [9.17, 15) is 26.3 Å². The first-order chi connectivity index (χ1) is 14.1. The van der Waals surface area contributed by atoms with E-state index in [1.807, 2.05) is 4.90 Å². The third-order valence-electron chi connectivity index (χ3n) is 4.84. The van der Waals surface area contributed by atoms with Gasteiger partial charge in [-0.2, -0.15) is 31.4 Å². The van der Waals surface area contributed by atoms with Gasteiger partial charge in [0, 0.05) is 30.8 Å². The number of nitrogens with zero attached hydrogens (tertiary/aromatic N) is 4. The molecule has 1 aliphatic heterocycles. The first-order valence-electron chi connectivity index (χ1n) is 9.05. The van der Waals surface area contributed by atoms with E-state index in [-0.39, 0.29) is 16.9 Å². The molecule has 0 bridgehead atoms. The molecule has 0 atom stereocenters. The van der Waals surface area contributed by atoms with Crippen molar-refractivity contribution in [3.63, 3.8) is 0 Å². The van der Waals surface area contributed by atoms with Crippen molar-refractivity contribution in [3.05, 3.63) is 53.3 Å². The fourth-order valence-corrected chi connectivity index (χ4v) is 3.30. The van der Waals surface area contributed by atoms with Gasteiger partial charge < -0.3 is 4.74 Å². The van der Waals surface area contributed by atoms with Crippen LogP contribution >= 0.6 is 0 Å². The van der Waals surface area contributed by atoms with Crippen molar-refractivity contribution < 1.29 is 31.1 Å². The molecule has 1 aliphatic rings. The molecular formula is C19H16F6N4O. The minimum atomic E-state index is -4.72. The standard InChI is InChI=1S/C19H16F6N4O/c20-18(21,22)14-3-1-12(2-4-14)15-9-16(19(23,24)25)29-17(27-15)13(10-26-29)11-28-5-7-30-8-6-28/h1-4,9-10H,5-8,11H2. The van der Waals surface area contributed by atoms with Gasteiger partial charge in [-0.25, -0.2) is 9.50 Å². The fourth-order valence-electron chi connectivity index (χ4n) is 3.30. The van der Waals surface area contributed by atoms with Crippen molar-refractivity contribution in [2.24, 2.45) is 0 Å². The number of hydrogen-bond acceptors (Lipinski definition) is 4. The Morgan fingerprint density at radius 1 is 0.933 bits per heavy atom. The lowest BCUT2D eigenvalue weighted by Crippen LogP contribution is -2.35. The zero-order valence-corrected chi connectivity index (χ0v) is 15.5. The first kappa shape index (κ1) is 20.6. The van der Waals surface area contributed by atoms with E-state index in [2.05, 4.69) is 10.1 Å². The van der Waals surface area contributed by atoms with Crippen molar-refractivity contribution in [2.75, 3.05) is 26.3 Å². The minimum Gasteiger partial charge on any atom is -0.379 e. The molecule has 0 radical (unpaired) electrons. The van der Waals surface area contributed by atoms with Crippen LogP contribution < -0.4 is 0 Å². The zero-order chi connectivity index (χ0) is 21.5. The molecule has 0 N–H and O–H groups in total. The number of aromatic nitrogens is 3. The van der Waals surface area contributed by atoms with E-state index in [0.29, 0.717) is 38.4 Å². The Balaban J connectivity index is 1.78. The highest BCUT2D eigenvalue weighted by atomic mass is 19.4. The smallest absolute Gasteiger partial charge is 0.379 e. The number of benzene rings is 1. The average Bonchev–Trinajstić information content (AvgIpc) is 3.09. The lowest BCUT2D eigenvalue weighted by Gasteiger charge is -2.26. The summed E-state index contributed by atoms with van der Waals surface area (Å²) in [5.41, 5.74) is -1.35. The molecule has 1 saturated heterocycles. The molecule has 0 spiro atoms. The molecule has 30 heavy (non-hydrogen) atoms. The lowest BCUT2D eigenvalue weighted by molar-refractivity contribution is -0.142. The molecule has 2 aromatic heterocycles. The summed E-state index contributed by atoms with van der Waals surface area (Å²) >= 11 is 0. The van der Waals surface area contributed by atoms with Crippen molar-refractivity contribution in [3.8, 4) is 11.3 Å². The van der Waals surface area contributed by atoms with E-state index < -0.39 is 23.6 Å². The van der Waals surface area contributed by atoms with Gasteiger partial charge in [-0.05, 0) is 18.2 Å². The summed E-state index contributed by atoms with van der Waals surface area (Å²) in [6, 6.07) is 4.65. The zero-order valence-electron chi connectivity index (χ0n) is 15.5. The van der Waals surface area contributed by atoms with E-state index in [1.54, 1.807) is 0 Å². The van der Waals surface area contributed by atoms with Gasteiger partial charge in [0.2, 0.25) is 0 Å². The molecule has 3 aromatic rings. The Morgan fingerprint density at radius 3 is 2.20 bits per heavy atom. The third kappa shape index (κ3) is 4.12.